The van der Waals surface area contributed by atoms with Crippen LogP contribution in [0.5, 0.6) is 0 Å². The minimum atomic E-state index is 0.0671. The van der Waals surface area contributed by atoms with Gasteiger partial charge in [0.1, 0.15) is 0 Å². The SMILES string of the molecule is NCCc1ccc(NC(=O)CCCc2ccccc2)cc1. The van der Waals surface area contributed by atoms with Crippen molar-refractivity contribution in [1.82, 2.24) is 0 Å². The number of aryl methyl sites for hydroxylation is 1. The average Bonchev–Trinajstić information content (AvgIpc) is 2.51. The fourth-order valence-corrected chi connectivity index (χ4v) is 2.24. The molecule has 0 heterocycles. The second-order valence-corrected chi connectivity index (χ2v) is 5.12. The number of hydrogen-bond donors (Lipinski definition) is 2. The standard InChI is InChI=1S/C18H22N2O/c19-14-13-16-9-11-17(12-10-16)20-18(21)8-4-7-15-5-2-1-3-6-15/h1-3,5-6,9-12H,4,7-8,13-14,19H2,(H,20,21). The van der Waals surface area contributed by atoms with Crippen molar-refractivity contribution < 1.29 is 4.79 Å². The van der Waals surface area contributed by atoms with Crippen LogP contribution in [0.25, 0.3) is 0 Å². The van der Waals surface area contributed by atoms with Gasteiger partial charge >= 0.3 is 0 Å². The quantitative estimate of drug-likeness (QED) is 0.819. The lowest BCUT2D eigenvalue weighted by molar-refractivity contribution is -0.116. The van der Waals surface area contributed by atoms with E-state index in [4.69, 9.17) is 5.73 Å². The van der Waals surface area contributed by atoms with Crippen LogP contribution in [0.3, 0.4) is 0 Å². The van der Waals surface area contributed by atoms with Crippen molar-refractivity contribution in [3.63, 3.8) is 0 Å². The summed E-state index contributed by atoms with van der Waals surface area (Å²) in [7, 11) is 0. The van der Waals surface area contributed by atoms with Gasteiger partial charge in [-0.2, -0.15) is 0 Å². The van der Waals surface area contributed by atoms with Crippen LogP contribution in [0.1, 0.15) is 24.0 Å². The van der Waals surface area contributed by atoms with E-state index in [9.17, 15) is 4.79 Å². The molecule has 0 fully saturated rings. The monoisotopic (exact) mass is 282 g/mol. The van der Waals surface area contributed by atoms with Gasteiger partial charge in [-0.25, -0.2) is 0 Å². The number of nitrogens with one attached hydrogen (secondary N) is 1. The Bertz CT molecular complexity index is 549. The van der Waals surface area contributed by atoms with Gasteiger partial charge in [-0.15, -0.1) is 0 Å². The minimum Gasteiger partial charge on any atom is -0.330 e. The maximum Gasteiger partial charge on any atom is 0.224 e. The van der Waals surface area contributed by atoms with Gasteiger partial charge in [0.05, 0.1) is 0 Å². The van der Waals surface area contributed by atoms with Gasteiger partial charge in [-0.1, -0.05) is 42.5 Å². The molecule has 2 rings (SSSR count). The molecule has 21 heavy (non-hydrogen) atoms. The highest BCUT2D eigenvalue weighted by Gasteiger charge is 2.03. The first-order valence-electron chi connectivity index (χ1n) is 7.41. The molecule has 3 nitrogen and oxygen atoms in total. The molecule has 0 aromatic heterocycles. The number of carbonyl (C=O) groups is 1. The Labute approximate surface area is 126 Å². The van der Waals surface area contributed by atoms with E-state index in [2.05, 4.69) is 17.4 Å². The molecule has 3 N–H and O–H groups in total. The molecule has 0 saturated carbocycles. The van der Waals surface area contributed by atoms with Gasteiger partial charge < -0.3 is 11.1 Å². The van der Waals surface area contributed by atoms with E-state index in [0.717, 1.165) is 24.9 Å². The zero-order chi connectivity index (χ0) is 14.9. The predicted octanol–water partition coefficient (Wildman–Crippen LogP) is 3.15. The summed E-state index contributed by atoms with van der Waals surface area (Å²) >= 11 is 0. The molecule has 1 amide bonds. The van der Waals surface area contributed by atoms with Gasteiger partial charge in [0.15, 0.2) is 0 Å². The predicted molar refractivity (Wildman–Crippen MR) is 87.2 cm³/mol. The third-order valence-electron chi connectivity index (χ3n) is 3.38. The lowest BCUT2D eigenvalue weighted by Gasteiger charge is -2.06. The molecule has 0 saturated heterocycles. The molecule has 3 heteroatoms. The lowest BCUT2D eigenvalue weighted by Crippen LogP contribution is -2.11. The summed E-state index contributed by atoms with van der Waals surface area (Å²) in [6, 6.07) is 18.1. The Morgan fingerprint density at radius 1 is 0.905 bits per heavy atom. The van der Waals surface area contributed by atoms with Crippen LogP contribution in [0.4, 0.5) is 5.69 Å². The van der Waals surface area contributed by atoms with E-state index < -0.39 is 0 Å². The lowest BCUT2D eigenvalue weighted by atomic mass is 10.1. The van der Waals surface area contributed by atoms with E-state index in [0.29, 0.717) is 13.0 Å². The molecule has 0 aliphatic rings. The summed E-state index contributed by atoms with van der Waals surface area (Å²) < 4.78 is 0. The molecule has 2 aromatic carbocycles. The van der Waals surface area contributed by atoms with E-state index in [1.54, 1.807) is 0 Å². The second-order valence-electron chi connectivity index (χ2n) is 5.12. The maximum atomic E-state index is 11.9. The fraction of sp³-hybridized carbons (Fsp3) is 0.278. The summed E-state index contributed by atoms with van der Waals surface area (Å²) in [4.78, 5) is 11.9. The summed E-state index contributed by atoms with van der Waals surface area (Å²) in [5.41, 5.74) is 8.83. The smallest absolute Gasteiger partial charge is 0.224 e. The highest BCUT2D eigenvalue weighted by Crippen LogP contribution is 2.11. The van der Waals surface area contributed by atoms with E-state index in [-0.39, 0.29) is 5.91 Å². The summed E-state index contributed by atoms with van der Waals surface area (Å²) in [6.45, 7) is 0.644. The first-order valence-corrected chi connectivity index (χ1v) is 7.41. The van der Waals surface area contributed by atoms with Crippen LogP contribution in [-0.2, 0) is 17.6 Å². The van der Waals surface area contributed by atoms with Crippen molar-refractivity contribution >= 4 is 11.6 Å². The molecule has 2 aromatic rings. The van der Waals surface area contributed by atoms with Crippen LogP contribution in [0, 0.1) is 0 Å². The number of anilines is 1. The van der Waals surface area contributed by atoms with Crippen LogP contribution in [0.2, 0.25) is 0 Å². The van der Waals surface area contributed by atoms with Crippen molar-refractivity contribution in [2.24, 2.45) is 5.73 Å². The van der Waals surface area contributed by atoms with Crippen molar-refractivity contribution in [1.29, 1.82) is 0 Å². The second kappa shape index (κ2) is 8.22. The van der Waals surface area contributed by atoms with Crippen LogP contribution in [-0.4, -0.2) is 12.5 Å². The molecule has 0 aliphatic carbocycles. The van der Waals surface area contributed by atoms with Crippen molar-refractivity contribution in [3.05, 3.63) is 65.7 Å². The zero-order valence-electron chi connectivity index (χ0n) is 12.2. The molecule has 0 aliphatic heterocycles. The van der Waals surface area contributed by atoms with E-state index in [1.807, 2.05) is 42.5 Å². The van der Waals surface area contributed by atoms with Crippen LogP contribution >= 0.6 is 0 Å². The Kier molecular flexibility index (Phi) is 5.98. The van der Waals surface area contributed by atoms with E-state index >= 15 is 0 Å². The van der Waals surface area contributed by atoms with Crippen molar-refractivity contribution in [2.75, 3.05) is 11.9 Å². The van der Waals surface area contributed by atoms with Gasteiger partial charge in [0, 0.05) is 12.1 Å². The molecule has 0 bridgehead atoms. The van der Waals surface area contributed by atoms with Gasteiger partial charge in [-0.3, -0.25) is 4.79 Å². The van der Waals surface area contributed by atoms with Crippen molar-refractivity contribution in [2.45, 2.75) is 25.7 Å². The number of nitrogens with two attached hydrogens (primary N) is 1. The van der Waals surface area contributed by atoms with Gasteiger partial charge in [0.25, 0.3) is 0 Å². The number of hydrogen-bond acceptors (Lipinski definition) is 2. The Balaban J connectivity index is 1.74. The average molecular weight is 282 g/mol. The summed E-state index contributed by atoms with van der Waals surface area (Å²) in [6.07, 6.45) is 3.20. The van der Waals surface area contributed by atoms with Crippen LogP contribution < -0.4 is 11.1 Å². The number of benzene rings is 2. The zero-order valence-corrected chi connectivity index (χ0v) is 12.2. The van der Waals surface area contributed by atoms with Gasteiger partial charge in [0.2, 0.25) is 5.91 Å². The number of amides is 1. The fourth-order valence-electron chi connectivity index (χ4n) is 2.24. The number of carbonyl (C=O) groups excluding carboxylic acids is 1. The summed E-state index contributed by atoms with van der Waals surface area (Å²) in [5.74, 6) is 0.0671. The molecule has 0 spiro atoms. The molecular formula is C18H22N2O. The largest absolute Gasteiger partial charge is 0.330 e. The molecule has 0 unspecified atom stereocenters. The molecule has 0 radical (unpaired) electrons. The highest BCUT2D eigenvalue weighted by atomic mass is 16.1. The maximum absolute atomic E-state index is 11.9. The highest BCUT2D eigenvalue weighted by molar-refractivity contribution is 5.90. The normalized spacial score (nSPS) is 10.3. The molecular weight excluding hydrogens is 260 g/mol. The topological polar surface area (TPSA) is 55.1 Å². The third kappa shape index (κ3) is 5.40. The first kappa shape index (κ1) is 15.3. The van der Waals surface area contributed by atoms with E-state index in [1.165, 1.54) is 11.1 Å². The van der Waals surface area contributed by atoms with Crippen LogP contribution in [0.15, 0.2) is 54.6 Å². The molecule has 0 atom stereocenters. The first-order chi connectivity index (χ1) is 10.3. The summed E-state index contributed by atoms with van der Waals surface area (Å²) in [5, 5.41) is 2.93. The Hall–Kier alpha value is -2.13. The van der Waals surface area contributed by atoms with Crippen molar-refractivity contribution in [3.8, 4) is 0 Å². The Morgan fingerprint density at radius 3 is 2.24 bits per heavy atom. The molecule has 110 valence electrons. The number of rotatable bonds is 7. The minimum absolute atomic E-state index is 0.0671. The Morgan fingerprint density at radius 2 is 1.57 bits per heavy atom. The third-order valence-corrected chi connectivity index (χ3v) is 3.38. The van der Waals surface area contributed by atoms with Gasteiger partial charge in [-0.05, 0) is 49.1 Å².